The fourth-order valence-electron chi connectivity index (χ4n) is 1.71. The van der Waals surface area contributed by atoms with Gasteiger partial charge >= 0.3 is 5.97 Å². The van der Waals surface area contributed by atoms with Gasteiger partial charge in [-0.2, -0.15) is 0 Å². The molecule has 1 rings (SSSR count). The van der Waals surface area contributed by atoms with Crippen LogP contribution in [0.2, 0.25) is 0 Å². The lowest BCUT2D eigenvalue weighted by atomic mass is 10.1. The van der Waals surface area contributed by atoms with Crippen LogP contribution in [0.25, 0.3) is 0 Å². The average molecular weight is 279 g/mol. The summed E-state index contributed by atoms with van der Waals surface area (Å²) in [5, 5.41) is 11.6. The molecular formula is C15H21NO4. The third-order valence-corrected chi connectivity index (χ3v) is 2.89. The van der Waals surface area contributed by atoms with Crippen LogP contribution >= 0.6 is 0 Å². The van der Waals surface area contributed by atoms with Gasteiger partial charge < -0.3 is 15.2 Å². The Kier molecular flexibility index (Phi) is 6.56. The lowest BCUT2D eigenvalue weighted by Gasteiger charge is -2.18. The minimum Gasteiger partial charge on any atom is -0.481 e. The van der Waals surface area contributed by atoms with E-state index in [-0.39, 0.29) is 0 Å². The molecule has 110 valence electrons. The molecule has 0 aliphatic carbocycles. The van der Waals surface area contributed by atoms with Gasteiger partial charge in [0.25, 0.3) is 5.91 Å². The van der Waals surface area contributed by atoms with Crippen LogP contribution in [0.3, 0.4) is 0 Å². The van der Waals surface area contributed by atoms with Crippen LogP contribution in [0.1, 0.15) is 33.1 Å². The van der Waals surface area contributed by atoms with Crippen molar-refractivity contribution in [3.05, 3.63) is 30.3 Å². The molecule has 2 N–H and O–H groups in total. The molecule has 1 aromatic carbocycles. The molecule has 0 aromatic heterocycles. The van der Waals surface area contributed by atoms with E-state index in [9.17, 15) is 9.59 Å². The van der Waals surface area contributed by atoms with Crippen molar-refractivity contribution in [3.8, 4) is 5.75 Å². The highest BCUT2D eigenvalue weighted by Crippen LogP contribution is 2.11. The number of hydrogen-bond acceptors (Lipinski definition) is 3. The normalized spacial score (nSPS) is 13.3. The Morgan fingerprint density at radius 1 is 1.30 bits per heavy atom. The fraction of sp³-hybridized carbons (Fsp3) is 0.467. The summed E-state index contributed by atoms with van der Waals surface area (Å²) in [6.45, 7) is 3.57. The number of amides is 1. The molecule has 0 saturated carbocycles. The second-order valence-electron chi connectivity index (χ2n) is 4.61. The van der Waals surface area contributed by atoms with Crippen LogP contribution in [0.5, 0.6) is 5.75 Å². The zero-order valence-electron chi connectivity index (χ0n) is 11.8. The maximum atomic E-state index is 11.9. The summed E-state index contributed by atoms with van der Waals surface area (Å²) in [6, 6.07) is 8.10. The summed E-state index contributed by atoms with van der Waals surface area (Å²) in [4.78, 5) is 23.0. The molecule has 0 aliphatic rings. The quantitative estimate of drug-likeness (QED) is 0.765. The second-order valence-corrected chi connectivity index (χ2v) is 4.61. The first-order valence-corrected chi connectivity index (χ1v) is 6.79. The number of rotatable bonds is 8. The van der Waals surface area contributed by atoms with Gasteiger partial charge in [0, 0.05) is 0 Å². The molecular weight excluding hydrogens is 258 g/mol. The first-order valence-electron chi connectivity index (χ1n) is 6.79. The third kappa shape index (κ3) is 5.30. The monoisotopic (exact) mass is 279 g/mol. The summed E-state index contributed by atoms with van der Waals surface area (Å²) in [7, 11) is 0. The SMILES string of the molecule is CCCCC(NC(=O)C(C)Oc1ccccc1)C(=O)O. The second kappa shape index (κ2) is 8.19. The smallest absolute Gasteiger partial charge is 0.326 e. The van der Waals surface area contributed by atoms with Crippen LogP contribution in [-0.2, 0) is 9.59 Å². The number of hydrogen-bond donors (Lipinski definition) is 2. The molecule has 0 spiro atoms. The Hall–Kier alpha value is -2.04. The maximum absolute atomic E-state index is 11.9. The van der Waals surface area contributed by atoms with Crippen LogP contribution < -0.4 is 10.1 Å². The van der Waals surface area contributed by atoms with Gasteiger partial charge in [0.15, 0.2) is 6.10 Å². The molecule has 5 nitrogen and oxygen atoms in total. The van der Waals surface area contributed by atoms with Gasteiger partial charge in [-0.15, -0.1) is 0 Å². The number of unbranched alkanes of at least 4 members (excludes halogenated alkanes) is 1. The average Bonchev–Trinajstić information content (AvgIpc) is 2.43. The van der Waals surface area contributed by atoms with Gasteiger partial charge in [0.2, 0.25) is 0 Å². The molecule has 0 aliphatic heterocycles. The highest BCUT2D eigenvalue weighted by atomic mass is 16.5. The van der Waals surface area contributed by atoms with Gasteiger partial charge in [-0.25, -0.2) is 4.79 Å². The number of carboxylic acids is 1. The van der Waals surface area contributed by atoms with Gasteiger partial charge in [-0.3, -0.25) is 4.79 Å². The molecule has 0 radical (unpaired) electrons. The van der Waals surface area contributed by atoms with Crippen molar-refractivity contribution in [1.29, 1.82) is 0 Å². The molecule has 20 heavy (non-hydrogen) atoms. The minimum atomic E-state index is -1.02. The third-order valence-electron chi connectivity index (χ3n) is 2.89. The van der Waals surface area contributed by atoms with E-state index in [1.165, 1.54) is 0 Å². The van der Waals surface area contributed by atoms with Crippen LogP contribution in [0.4, 0.5) is 0 Å². The largest absolute Gasteiger partial charge is 0.481 e. The summed E-state index contributed by atoms with van der Waals surface area (Å²) in [5.74, 6) is -0.855. The Labute approximate surface area is 118 Å². The lowest BCUT2D eigenvalue weighted by Crippen LogP contribution is -2.46. The van der Waals surface area contributed by atoms with E-state index < -0.39 is 24.0 Å². The lowest BCUT2D eigenvalue weighted by molar-refractivity contribution is -0.143. The van der Waals surface area contributed by atoms with Gasteiger partial charge in [0.05, 0.1) is 0 Å². The van der Waals surface area contributed by atoms with Crippen molar-refractivity contribution >= 4 is 11.9 Å². The van der Waals surface area contributed by atoms with Crippen molar-refractivity contribution in [2.45, 2.75) is 45.3 Å². The van der Waals surface area contributed by atoms with E-state index >= 15 is 0 Å². The number of nitrogens with one attached hydrogen (secondary N) is 1. The number of benzene rings is 1. The summed E-state index contributed by atoms with van der Waals surface area (Å²) >= 11 is 0. The number of para-hydroxylation sites is 1. The predicted molar refractivity (Wildman–Crippen MR) is 75.6 cm³/mol. The Morgan fingerprint density at radius 3 is 2.50 bits per heavy atom. The molecule has 0 fully saturated rings. The maximum Gasteiger partial charge on any atom is 0.326 e. The van der Waals surface area contributed by atoms with E-state index in [0.717, 1.165) is 12.8 Å². The zero-order chi connectivity index (χ0) is 15.0. The van der Waals surface area contributed by atoms with Crippen molar-refractivity contribution < 1.29 is 19.4 Å². The highest BCUT2D eigenvalue weighted by Gasteiger charge is 2.23. The molecule has 0 bridgehead atoms. The van der Waals surface area contributed by atoms with Crippen LogP contribution in [0.15, 0.2) is 30.3 Å². The molecule has 5 heteroatoms. The Balaban J connectivity index is 2.53. The summed E-state index contributed by atoms with van der Waals surface area (Å²) in [5.41, 5.74) is 0. The fourth-order valence-corrected chi connectivity index (χ4v) is 1.71. The number of carboxylic acid groups (broad SMARTS) is 1. The minimum absolute atomic E-state index is 0.419. The van der Waals surface area contributed by atoms with Gasteiger partial charge in [-0.1, -0.05) is 38.0 Å². The van der Waals surface area contributed by atoms with E-state index in [2.05, 4.69) is 5.32 Å². The van der Waals surface area contributed by atoms with Crippen molar-refractivity contribution in [2.75, 3.05) is 0 Å². The molecule has 1 aromatic rings. The number of carbonyl (C=O) groups excluding carboxylic acids is 1. The van der Waals surface area contributed by atoms with Crippen LogP contribution in [-0.4, -0.2) is 29.1 Å². The van der Waals surface area contributed by atoms with E-state index in [4.69, 9.17) is 9.84 Å². The first kappa shape index (κ1) is 16.0. The number of carbonyl (C=O) groups is 2. The summed E-state index contributed by atoms with van der Waals surface area (Å²) < 4.78 is 5.46. The van der Waals surface area contributed by atoms with Crippen molar-refractivity contribution in [3.63, 3.8) is 0 Å². The standard InChI is InChI=1S/C15H21NO4/c1-3-4-10-13(15(18)19)16-14(17)11(2)20-12-8-6-5-7-9-12/h5-9,11,13H,3-4,10H2,1-2H3,(H,16,17)(H,18,19). The molecule has 2 atom stereocenters. The first-order chi connectivity index (χ1) is 9.54. The molecule has 1 amide bonds. The van der Waals surface area contributed by atoms with Gasteiger partial charge in [-0.05, 0) is 25.5 Å². The topological polar surface area (TPSA) is 75.6 Å². The molecule has 0 saturated heterocycles. The highest BCUT2D eigenvalue weighted by molar-refractivity contribution is 5.86. The number of aliphatic carboxylic acids is 1. The van der Waals surface area contributed by atoms with E-state index in [0.29, 0.717) is 12.2 Å². The van der Waals surface area contributed by atoms with E-state index in [1.54, 1.807) is 31.2 Å². The van der Waals surface area contributed by atoms with Gasteiger partial charge in [0.1, 0.15) is 11.8 Å². The van der Waals surface area contributed by atoms with Crippen LogP contribution in [0, 0.1) is 0 Å². The van der Waals surface area contributed by atoms with Crippen molar-refractivity contribution in [2.24, 2.45) is 0 Å². The molecule has 2 unspecified atom stereocenters. The summed E-state index contributed by atoms with van der Waals surface area (Å²) in [6.07, 6.45) is 1.33. The molecule has 0 heterocycles. The van der Waals surface area contributed by atoms with Crippen molar-refractivity contribution in [1.82, 2.24) is 5.32 Å². The zero-order valence-corrected chi connectivity index (χ0v) is 11.8. The Bertz CT molecular complexity index is 433. The number of ether oxygens (including phenoxy) is 1. The van der Waals surface area contributed by atoms with E-state index in [1.807, 2.05) is 13.0 Å². The predicted octanol–water partition coefficient (Wildman–Crippen LogP) is 2.21. The Morgan fingerprint density at radius 2 is 1.95 bits per heavy atom.